The van der Waals surface area contributed by atoms with E-state index in [1.165, 1.54) is 35.3 Å². The smallest absolute Gasteiger partial charge is 0.0991 e. The monoisotopic (exact) mass is 332 g/mol. The zero-order chi connectivity index (χ0) is 17.1. The van der Waals surface area contributed by atoms with Gasteiger partial charge in [0, 0.05) is 30.5 Å². The van der Waals surface area contributed by atoms with Gasteiger partial charge in [-0.3, -0.25) is 0 Å². The first-order valence-corrected chi connectivity index (χ1v) is 9.17. The highest BCUT2D eigenvalue weighted by atomic mass is 15.2. The Hall–Kier alpha value is -2.51. The summed E-state index contributed by atoms with van der Waals surface area (Å²) in [6, 6.07) is 17.6. The van der Waals surface area contributed by atoms with E-state index in [9.17, 15) is 0 Å². The van der Waals surface area contributed by atoms with Crippen LogP contribution in [0.5, 0.6) is 0 Å². The second kappa shape index (κ2) is 7.16. The van der Waals surface area contributed by atoms with Gasteiger partial charge in [-0.25, -0.2) is 0 Å². The van der Waals surface area contributed by atoms with Crippen molar-refractivity contribution in [2.45, 2.75) is 31.8 Å². The van der Waals surface area contributed by atoms with Crippen molar-refractivity contribution >= 4 is 11.4 Å². The van der Waals surface area contributed by atoms with Crippen molar-refractivity contribution in [2.24, 2.45) is 0 Å². The van der Waals surface area contributed by atoms with E-state index in [-0.39, 0.29) is 0 Å². The quantitative estimate of drug-likeness (QED) is 0.902. The van der Waals surface area contributed by atoms with E-state index >= 15 is 0 Å². The molecule has 4 rings (SSSR count). The Labute approximate surface area is 149 Å². The predicted octanol–water partition coefficient (Wildman–Crippen LogP) is 3.28. The van der Waals surface area contributed by atoms with E-state index in [4.69, 9.17) is 5.26 Å². The van der Waals surface area contributed by atoms with Crippen LogP contribution in [0.15, 0.2) is 42.5 Å². The van der Waals surface area contributed by atoms with Gasteiger partial charge in [-0.1, -0.05) is 12.1 Å². The molecule has 0 amide bonds. The molecule has 2 heterocycles. The third-order valence-corrected chi connectivity index (χ3v) is 5.32. The fraction of sp³-hybridized carbons (Fsp3) is 0.381. The number of nitriles is 1. The highest BCUT2D eigenvalue weighted by Gasteiger charge is 2.23. The average molecular weight is 332 g/mol. The SMILES string of the molecule is N#Cc1ccc(CN(c2ccc3c(c2)CCN3)C2CCNCC2)cc1. The molecule has 1 saturated heterocycles. The minimum absolute atomic E-state index is 0.560. The molecule has 2 aromatic rings. The van der Waals surface area contributed by atoms with Gasteiger partial charge in [0.2, 0.25) is 0 Å². The molecule has 25 heavy (non-hydrogen) atoms. The van der Waals surface area contributed by atoms with Gasteiger partial charge in [0.1, 0.15) is 0 Å². The summed E-state index contributed by atoms with van der Waals surface area (Å²) in [5.74, 6) is 0. The fourth-order valence-electron chi connectivity index (χ4n) is 3.90. The van der Waals surface area contributed by atoms with Crippen molar-refractivity contribution in [1.82, 2.24) is 5.32 Å². The van der Waals surface area contributed by atoms with Crippen LogP contribution in [0.25, 0.3) is 0 Å². The van der Waals surface area contributed by atoms with E-state index in [0.717, 1.165) is 38.2 Å². The Balaban J connectivity index is 1.62. The van der Waals surface area contributed by atoms with Crippen LogP contribution in [-0.4, -0.2) is 25.7 Å². The molecule has 0 radical (unpaired) electrons. The van der Waals surface area contributed by atoms with Gasteiger partial charge >= 0.3 is 0 Å². The van der Waals surface area contributed by atoms with Crippen molar-refractivity contribution in [2.75, 3.05) is 29.9 Å². The number of nitrogens with one attached hydrogen (secondary N) is 2. The van der Waals surface area contributed by atoms with Crippen LogP contribution in [0.2, 0.25) is 0 Å². The highest BCUT2D eigenvalue weighted by molar-refractivity contribution is 5.63. The zero-order valence-electron chi connectivity index (χ0n) is 14.5. The van der Waals surface area contributed by atoms with Crippen molar-refractivity contribution in [3.05, 3.63) is 59.2 Å². The van der Waals surface area contributed by atoms with Crippen LogP contribution >= 0.6 is 0 Å². The maximum Gasteiger partial charge on any atom is 0.0991 e. The van der Waals surface area contributed by atoms with Gasteiger partial charge in [0.15, 0.2) is 0 Å². The van der Waals surface area contributed by atoms with Crippen molar-refractivity contribution in [3.63, 3.8) is 0 Å². The minimum Gasteiger partial charge on any atom is -0.384 e. The molecule has 2 N–H and O–H groups in total. The molecule has 0 aliphatic carbocycles. The first-order valence-electron chi connectivity index (χ1n) is 9.17. The number of fused-ring (bicyclic) bond motifs is 1. The molecule has 0 unspecified atom stereocenters. The molecule has 4 heteroatoms. The fourth-order valence-corrected chi connectivity index (χ4v) is 3.90. The molecule has 2 aliphatic rings. The normalized spacial score (nSPS) is 16.8. The van der Waals surface area contributed by atoms with E-state index in [0.29, 0.717) is 6.04 Å². The van der Waals surface area contributed by atoms with Crippen molar-refractivity contribution < 1.29 is 0 Å². The molecule has 0 bridgehead atoms. The van der Waals surface area contributed by atoms with E-state index in [1.54, 1.807) is 0 Å². The molecule has 2 aromatic carbocycles. The van der Waals surface area contributed by atoms with Gasteiger partial charge in [-0.2, -0.15) is 5.26 Å². The van der Waals surface area contributed by atoms with Crippen LogP contribution in [0.1, 0.15) is 29.5 Å². The van der Waals surface area contributed by atoms with Gasteiger partial charge < -0.3 is 15.5 Å². The maximum absolute atomic E-state index is 9.01. The number of hydrogen-bond acceptors (Lipinski definition) is 4. The van der Waals surface area contributed by atoms with Crippen LogP contribution in [0.3, 0.4) is 0 Å². The van der Waals surface area contributed by atoms with E-state index in [2.05, 4.69) is 51.9 Å². The number of nitrogens with zero attached hydrogens (tertiary/aromatic N) is 2. The van der Waals surface area contributed by atoms with Crippen molar-refractivity contribution in [1.29, 1.82) is 5.26 Å². The molecule has 0 saturated carbocycles. The van der Waals surface area contributed by atoms with Crippen LogP contribution in [0.4, 0.5) is 11.4 Å². The summed E-state index contributed by atoms with van der Waals surface area (Å²) in [6.45, 7) is 4.10. The Kier molecular flexibility index (Phi) is 4.58. The van der Waals surface area contributed by atoms with Crippen LogP contribution in [0, 0.1) is 11.3 Å². The minimum atomic E-state index is 0.560. The summed E-state index contributed by atoms with van der Waals surface area (Å²) in [7, 11) is 0. The van der Waals surface area contributed by atoms with Crippen molar-refractivity contribution in [3.8, 4) is 6.07 Å². The Morgan fingerprint density at radius 2 is 1.84 bits per heavy atom. The summed E-state index contributed by atoms with van der Waals surface area (Å²) in [6.07, 6.45) is 3.46. The highest BCUT2D eigenvalue weighted by Crippen LogP contribution is 2.31. The van der Waals surface area contributed by atoms with Gasteiger partial charge in [0.05, 0.1) is 11.6 Å². The zero-order valence-corrected chi connectivity index (χ0v) is 14.5. The number of hydrogen-bond donors (Lipinski definition) is 2. The molecular formula is C21H24N4. The summed E-state index contributed by atoms with van der Waals surface area (Å²) in [5.41, 5.74) is 6.01. The lowest BCUT2D eigenvalue weighted by Gasteiger charge is -2.37. The summed E-state index contributed by atoms with van der Waals surface area (Å²) < 4.78 is 0. The summed E-state index contributed by atoms with van der Waals surface area (Å²) >= 11 is 0. The first kappa shape index (κ1) is 16.0. The van der Waals surface area contributed by atoms with E-state index in [1.807, 2.05) is 12.1 Å². The molecule has 1 fully saturated rings. The third-order valence-electron chi connectivity index (χ3n) is 5.32. The van der Waals surface area contributed by atoms with E-state index < -0.39 is 0 Å². The van der Waals surface area contributed by atoms with Crippen LogP contribution < -0.4 is 15.5 Å². The third kappa shape index (κ3) is 3.47. The lowest BCUT2D eigenvalue weighted by atomic mass is 10.0. The lowest BCUT2D eigenvalue weighted by Crippen LogP contribution is -2.43. The summed E-state index contributed by atoms with van der Waals surface area (Å²) in [4.78, 5) is 2.56. The number of benzene rings is 2. The molecular weight excluding hydrogens is 308 g/mol. The largest absolute Gasteiger partial charge is 0.384 e. The molecule has 0 aromatic heterocycles. The second-order valence-corrected chi connectivity index (χ2v) is 6.94. The Morgan fingerprint density at radius 1 is 1.04 bits per heavy atom. The second-order valence-electron chi connectivity index (χ2n) is 6.94. The number of rotatable bonds is 4. The predicted molar refractivity (Wildman–Crippen MR) is 102 cm³/mol. The summed E-state index contributed by atoms with van der Waals surface area (Å²) in [5, 5.41) is 15.9. The number of piperidine rings is 1. The number of anilines is 2. The lowest BCUT2D eigenvalue weighted by molar-refractivity contribution is 0.428. The maximum atomic E-state index is 9.01. The topological polar surface area (TPSA) is 51.1 Å². The Bertz CT molecular complexity index is 769. The van der Waals surface area contributed by atoms with Gasteiger partial charge in [0.25, 0.3) is 0 Å². The molecule has 0 atom stereocenters. The molecule has 4 nitrogen and oxygen atoms in total. The van der Waals surface area contributed by atoms with Gasteiger partial charge in [-0.05, 0) is 73.8 Å². The standard InChI is InChI=1S/C21H24N4/c22-14-16-1-3-17(4-2-16)15-25(19-8-10-23-11-9-19)20-5-6-21-18(13-20)7-12-24-21/h1-6,13,19,23-24H,7-12,15H2. The molecule has 128 valence electrons. The Morgan fingerprint density at radius 3 is 2.60 bits per heavy atom. The van der Waals surface area contributed by atoms with Crippen LogP contribution in [-0.2, 0) is 13.0 Å². The molecule has 0 spiro atoms. The first-order chi connectivity index (χ1) is 12.3. The van der Waals surface area contributed by atoms with Gasteiger partial charge in [-0.15, -0.1) is 0 Å². The average Bonchev–Trinajstić information content (AvgIpc) is 3.15. The molecule has 2 aliphatic heterocycles.